The number of carbonyl (C=O) groups is 2. The molecular formula is C52H50Cl2F2N16O5. The second kappa shape index (κ2) is 21.0. The van der Waals surface area contributed by atoms with Crippen molar-refractivity contribution < 1.29 is 33.0 Å². The van der Waals surface area contributed by atoms with Crippen LogP contribution in [0.15, 0.2) is 86.5 Å². The number of hydrogen-bond acceptors (Lipinski definition) is 13. The molecule has 1 amide bonds. The van der Waals surface area contributed by atoms with Crippen LogP contribution in [0.3, 0.4) is 0 Å². The zero-order valence-corrected chi connectivity index (χ0v) is 42.7. The average Bonchev–Trinajstić information content (AvgIpc) is 4.08. The Balaban J connectivity index is 0.000000131. The third kappa shape index (κ3) is 10.7. The fourth-order valence-electron chi connectivity index (χ4n) is 9.64. The topological polar surface area (TPSA) is 241 Å². The molecule has 25 heteroatoms. The Morgan fingerprint density at radius 1 is 0.675 bits per heavy atom. The van der Waals surface area contributed by atoms with Gasteiger partial charge < -0.3 is 43.2 Å². The number of aromatic carboxylic acids is 1. The summed E-state index contributed by atoms with van der Waals surface area (Å²) in [6, 6.07) is 7.54. The molecule has 4 fully saturated rings. The summed E-state index contributed by atoms with van der Waals surface area (Å²) in [4.78, 5) is 41.5. The highest BCUT2D eigenvalue weighted by atomic mass is 35.5. The minimum Gasteiger partial charge on any atom is -0.476 e. The number of imidazole rings is 4. The van der Waals surface area contributed by atoms with Crippen LogP contribution in [0.4, 0.5) is 8.78 Å². The van der Waals surface area contributed by atoms with Crippen LogP contribution in [-0.4, -0.2) is 111 Å². The molecule has 4 N–H and O–H groups in total. The molecule has 2 saturated carbocycles. The smallest absolute Gasteiger partial charge is 0.358 e. The molecule has 2 aliphatic heterocycles. The van der Waals surface area contributed by atoms with Gasteiger partial charge in [0.25, 0.3) is 5.91 Å². The van der Waals surface area contributed by atoms with E-state index in [0.717, 1.165) is 62.0 Å². The Hall–Kier alpha value is -7.70. The van der Waals surface area contributed by atoms with Crippen LogP contribution >= 0.6 is 23.2 Å². The van der Waals surface area contributed by atoms with E-state index in [2.05, 4.69) is 69.2 Å². The quantitative estimate of drug-likeness (QED) is 0.0964. The summed E-state index contributed by atoms with van der Waals surface area (Å²) in [6.45, 7) is 4.24. The van der Waals surface area contributed by atoms with E-state index in [4.69, 9.17) is 53.5 Å². The Kier molecular flexibility index (Phi) is 13.7. The number of rotatable bonds is 15. The first kappa shape index (κ1) is 50.1. The van der Waals surface area contributed by atoms with Gasteiger partial charge in [-0.25, -0.2) is 42.9 Å². The molecule has 21 nitrogen and oxygen atoms in total. The van der Waals surface area contributed by atoms with Crippen LogP contribution < -0.4 is 11.1 Å². The van der Waals surface area contributed by atoms with E-state index in [0.29, 0.717) is 53.7 Å². The van der Waals surface area contributed by atoms with E-state index in [1.54, 1.807) is 27.7 Å². The van der Waals surface area contributed by atoms with Gasteiger partial charge in [0.15, 0.2) is 23.0 Å². The van der Waals surface area contributed by atoms with Crippen molar-refractivity contribution in [2.24, 2.45) is 17.6 Å². The molecule has 0 atom stereocenters. The summed E-state index contributed by atoms with van der Waals surface area (Å²) >= 11 is 11.5. The Bertz CT molecular complexity index is 3850. The number of nitrogens with one attached hydrogen (secondary N) is 1. The molecule has 10 aromatic rings. The predicted molar refractivity (Wildman–Crippen MR) is 275 cm³/mol. The van der Waals surface area contributed by atoms with Crippen molar-refractivity contribution in [3.05, 3.63) is 165 Å². The molecule has 0 spiro atoms. The highest BCUT2D eigenvalue weighted by Crippen LogP contribution is 2.42. The number of ether oxygens (including phenoxy) is 2. The van der Waals surface area contributed by atoms with E-state index in [-0.39, 0.29) is 40.0 Å². The molecule has 2 saturated heterocycles. The van der Waals surface area contributed by atoms with Crippen molar-refractivity contribution in [1.29, 1.82) is 0 Å². The summed E-state index contributed by atoms with van der Waals surface area (Å²) in [5.41, 5.74) is 15.8. The Morgan fingerprint density at radius 3 is 1.61 bits per heavy atom. The summed E-state index contributed by atoms with van der Waals surface area (Å²) in [5.74, 6) is -0.133. The van der Waals surface area contributed by atoms with Crippen LogP contribution in [0.5, 0.6) is 0 Å². The Labute approximate surface area is 446 Å². The first-order valence-electron chi connectivity index (χ1n) is 25.2. The lowest BCUT2D eigenvalue weighted by Gasteiger charge is -2.26. The van der Waals surface area contributed by atoms with Crippen LogP contribution in [0.25, 0.3) is 22.3 Å². The number of nitrogens with two attached hydrogens (primary N) is 1. The number of hydrogen-bond donors (Lipinski definition) is 3. The molecule has 396 valence electrons. The molecule has 0 bridgehead atoms. The maximum atomic E-state index is 14.5. The number of pyridine rings is 4. The zero-order valence-electron chi connectivity index (χ0n) is 41.2. The number of carbonyl (C=O) groups excluding carboxylic acids is 1. The van der Waals surface area contributed by atoms with Gasteiger partial charge in [-0.1, -0.05) is 45.8 Å². The monoisotopic (exact) mass is 1090 g/mol. The van der Waals surface area contributed by atoms with Gasteiger partial charge in [-0.15, -0.1) is 10.2 Å². The summed E-state index contributed by atoms with van der Waals surface area (Å²) in [5, 5.41) is 27.4. The maximum absolute atomic E-state index is 14.5. The van der Waals surface area contributed by atoms with Gasteiger partial charge in [0, 0.05) is 55.6 Å². The van der Waals surface area contributed by atoms with Gasteiger partial charge in [-0.05, 0) is 84.7 Å². The molecular weight excluding hydrogens is 1040 g/mol. The predicted octanol–water partition coefficient (Wildman–Crippen LogP) is 6.73. The lowest BCUT2D eigenvalue weighted by molar-refractivity contribution is -0.0311. The largest absolute Gasteiger partial charge is 0.476 e. The standard InChI is InChI=1S/C26H24ClFN8O2.C18H19N5O3.C8H7ClFN3/c27-20-3-4-34-14-30-21(24(34)23(20)28)7-29-26(37)22-11-36(33-32-22)10-19-9-35-8-18(16-1-2-16)6-17(25(35)31-19)5-15-12-38-13-15;24-18(25)16-8-23(21-20-16)7-15-6-22-5-14(12-1-2-12)4-13(17(22)19-15)3-11-9-26-10-11;9-5-1-2-13-4-12-6(3-11)8(13)7(5)10/h3-4,6,8-9,11,14-16H,1-2,5,7,10,12-13H2,(H,29,37);4-6,8,11-12H,1-3,7,9-10H2,(H,24,25);1-2,4H,3,11H2. The third-order valence-electron chi connectivity index (χ3n) is 14.0. The minimum atomic E-state index is -1.08. The van der Waals surface area contributed by atoms with Crippen molar-refractivity contribution in [1.82, 2.24) is 72.8 Å². The van der Waals surface area contributed by atoms with Gasteiger partial charge in [0.05, 0.1) is 104 Å². The average molecular weight is 1090 g/mol. The molecule has 4 aliphatic rings. The van der Waals surface area contributed by atoms with Gasteiger partial charge in [0.2, 0.25) is 0 Å². The molecule has 2 aliphatic carbocycles. The highest BCUT2D eigenvalue weighted by Gasteiger charge is 2.29. The number of fused-ring (bicyclic) bond motifs is 4. The first-order chi connectivity index (χ1) is 37.4. The minimum absolute atomic E-state index is 0.00611. The van der Waals surface area contributed by atoms with Gasteiger partial charge in [-0.3, -0.25) is 4.79 Å². The van der Waals surface area contributed by atoms with Gasteiger partial charge >= 0.3 is 5.97 Å². The summed E-state index contributed by atoms with van der Waals surface area (Å²) in [6.07, 6.45) is 24.6. The molecule has 0 unspecified atom stereocenters. The van der Waals surface area contributed by atoms with Gasteiger partial charge in [0.1, 0.15) is 22.3 Å². The Morgan fingerprint density at radius 2 is 1.16 bits per heavy atom. The first-order valence-corrected chi connectivity index (χ1v) is 25.9. The van der Waals surface area contributed by atoms with Crippen molar-refractivity contribution in [2.75, 3.05) is 26.4 Å². The normalized spacial score (nSPS) is 15.6. The van der Waals surface area contributed by atoms with Crippen LogP contribution in [0, 0.1) is 23.5 Å². The van der Waals surface area contributed by atoms with E-state index in [1.165, 1.54) is 88.0 Å². The van der Waals surface area contributed by atoms with Crippen LogP contribution in [0.2, 0.25) is 10.0 Å². The van der Waals surface area contributed by atoms with Crippen molar-refractivity contribution >= 4 is 57.4 Å². The second-order valence-electron chi connectivity index (χ2n) is 19.9. The summed E-state index contributed by atoms with van der Waals surface area (Å²) < 4.78 is 49.0. The van der Waals surface area contributed by atoms with Crippen molar-refractivity contribution in [2.45, 2.75) is 76.5 Å². The number of carboxylic acid groups (broad SMARTS) is 1. The maximum Gasteiger partial charge on any atom is 0.358 e. The molecule has 0 radical (unpaired) electrons. The number of carboxylic acids is 1. The fourth-order valence-corrected chi connectivity index (χ4v) is 9.93. The SMILES string of the molecule is NCc1ncn2ccc(Cl)c(F)c12.O=C(NCc1ncn2ccc(Cl)c(F)c12)c1cn(Cc2cn3cc(C4CC4)cc(CC4COC4)c3n2)nn1.O=C(O)c1cn(Cc2cn3cc(C4CC4)cc(CC4COC4)c3n2)nn1. The van der Waals surface area contributed by atoms with Crippen molar-refractivity contribution in [3.63, 3.8) is 0 Å². The highest BCUT2D eigenvalue weighted by molar-refractivity contribution is 6.31. The number of nitrogens with zero attached hydrogens (tertiary/aromatic N) is 14. The third-order valence-corrected chi connectivity index (χ3v) is 14.6. The number of halogens is 4. The van der Waals surface area contributed by atoms with Crippen LogP contribution in [-0.2, 0) is 48.5 Å². The fraction of sp³-hybridized carbons (Fsp3) is 0.346. The zero-order chi connectivity index (χ0) is 52.9. The van der Waals surface area contributed by atoms with E-state index < -0.39 is 23.5 Å². The van der Waals surface area contributed by atoms with E-state index >= 15 is 0 Å². The number of aromatic nitrogens is 14. The summed E-state index contributed by atoms with van der Waals surface area (Å²) in [7, 11) is 0. The molecule has 14 rings (SSSR count). The molecule has 12 heterocycles. The number of amides is 1. The lowest BCUT2D eigenvalue weighted by Crippen LogP contribution is -2.29. The molecule has 0 aromatic carbocycles. The van der Waals surface area contributed by atoms with E-state index in [1.807, 2.05) is 12.4 Å². The van der Waals surface area contributed by atoms with Crippen molar-refractivity contribution in [3.8, 4) is 0 Å². The van der Waals surface area contributed by atoms with E-state index in [9.17, 15) is 18.4 Å². The second-order valence-corrected chi connectivity index (χ2v) is 20.7. The molecule has 10 aromatic heterocycles. The lowest BCUT2D eigenvalue weighted by atomic mass is 9.97. The van der Waals surface area contributed by atoms with Crippen LogP contribution in [0.1, 0.15) is 104 Å². The molecule has 77 heavy (non-hydrogen) atoms. The van der Waals surface area contributed by atoms with Gasteiger partial charge in [-0.2, -0.15) is 0 Å².